The first-order valence-electron chi connectivity index (χ1n) is 9.23. The number of nitrogens with two attached hydrogens (primary N) is 1. The number of phenols is 1. The van der Waals surface area contributed by atoms with Gasteiger partial charge in [0.1, 0.15) is 24.1 Å². The molecule has 1 aliphatic heterocycles. The molecule has 0 aromatic heterocycles. The number of hydrogen-bond donors (Lipinski definition) is 3. The van der Waals surface area contributed by atoms with Gasteiger partial charge >= 0.3 is 0 Å². The smallest absolute Gasteiger partial charge is 0.123 e. The molecule has 0 radical (unpaired) electrons. The van der Waals surface area contributed by atoms with Crippen LogP contribution in [0, 0.1) is 5.41 Å². The van der Waals surface area contributed by atoms with E-state index in [-0.39, 0.29) is 17.6 Å². The molecule has 4 N–H and O–H groups in total. The van der Waals surface area contributed by atoms with Crippen LogP contribution >= 0.6 is 0 Å². The molecule has 0 saturated carbocycles. The Balaban J connectivity index is 1.90. The topological polar surface area (TPSA) is 82.6 Å². The number of hydrogen-bond acceptors (Lipinski definition) is 4. The maximum atomic E-state index is 10.7. The highest BCUT2D eigenvalue weighted by atomic mass is 16.5. The molecule has 5 nitrogen and oxygen atoms in total. The fraction of sp³-hybridized carbons (Fsp3) is 0.0417. The summed E-state index contributed by atoms with van der Waals surface area (Å²) in [5.74, 6) is 0.252. The minimum atomic E-state index is -0.213. The van der Waals surface area contributed by atoms with Crippen molar-refractivity contribution in [2.75, 3.05) is 0 Å². The highest BCUT2D eigenvalue weighted by molar-refractivity contribution is 5.94. The Hall–Kier alpha value is -3.99. The van der Waals surface area contributed by atoms with Crippen molar-refractivity contribution in [3.05, 3.63) is 114 Å². The summed E-state index contributed by atoms with van der Waals surface area (Å²) in [5.41, 5.74) is 9.94. The van der Waals surface area contributed by atoms with Gasteiger partial charge in [-0.1, -0.05) is 66.7 Å². The highest BCUT2D eigenvalue weighted by Gasteiger charge is 2.25. The molecule has 0 amide bonds. The predicted octanol–water partition coefficient (Wildman–Crippen LogP) is 4.71. The first-order valence-corrected chi connectivity index (χ1v) is 9.23. The summed E-state index contributed by atoms with van der Waals surface area (Å²) in [6.45, 7) is 0. The largest absolute Gasteiger partial charge is 0.507 e. The third-order valence-corrected chi connectivity index (χ3v) is 4.89. The van der Waals surface area contributed by atoms with E-state index in [0.29, 0.717) is 5.56 Å². The Bertz CT molecular complexity index is 1060. The number of nitrogen functional groups attached to an aromatic ring is 1. The van der Waals surface area contributed by atoms with E-state index in [9.17, 15) is 5.11 Å². The Morgan fingerprint density at radius 1 is 0.897 bits per heavy atom. The van der Waals surface area contributed by atoms with E-state index in [1.54, 1.807) is 18.6 Å². The Kier molecular flexibility index (Phi) is 5.03. The average Bonchev–Trinajstić information content (AvgIpc) is 2.76. The Morgan fingerprint density at radius 2 is 1.59 bits per heavy atom. The number of aromatic hydroxyl groups is 1. The van der Waals surface area contributed by atoms with Gasteiger partial charge in [-0.15, -0.1) is 0 Å². The number of amidine groups is 1. The van der Waals surface area contributed by atoms with Crippen LogP contribution in [0.15, 0.2) is 97.7 Å². The van der Waals surface area contributed by atoms with Crippen LogP contribution < -0.4 is 5.73 Å². The quantitative estimate of drug-likeness (QED) is 0.440. The van der Waals surface area contributed by atoms with Gasteiger partial charge < -0.3 is 20.5 Å². The second kappa shape index (κ2) is 7.94. The summed E-state index contributed by atoms with van der Waals surface area (Å²) in [7, 11) is 0. The molecule has 0 spiro atoms. The lowest BCUT2D eigenvalue weighted by molar-refractivity contribution is 0.322. The lowest BCUT2D eigenvalue weighted by atomic mass is 9.89. The zero-order valence-electron chi connectivity index (χ0n) is 15.7. The van der Waals surface area contributed by atoms with Crippen LogP contribution in [0.25, 0.3) is 11.1 Å². The fourth-order valence-electron chi connectivity index (χ4n) is 3.54. The van der Waals surface area contributed by atoms with Crippen LogP contribution in [-0.2, 0) is 4.74 Å². The molecule has 1 aliphatic rings. The summed E-state index contributed by atoms with van der Waals surface area (Å²) >= 11 is 0. The zero-order valence-corrected chi connectivity index (χ0v) is 15.7. The number of phenolic OH excluding ortho intramolecular Hbond substituents is 1. The molecule has 3 aromatic carbocycles. The van der Waals surface area contributed by atoms with Gasteiger partial charge in [0.2, 0.25) is 0 Å². The zero-order chi connectivity index (χ0) is 20.2. The minimum absolute atomic E-state index is 0.0293. The van der Waals surface area contributed by atoms with Crippen molar-refractivity contribution < 1.29 is 9.84 Å². The normalized spacial score (nSPS) is 13.7. The first-order chi connectivity index (χ1) is 14.1. The van der Waals surface area contributed by atoms with Gasteiger partial charge in [0, 0.05) is 23.5 Å². The molecule has 1 atom stereocenters. The standard InChI is InChI=1S/C24H21N3O2/c25-24(26)19-11-9-18(10-12-19)23(27-13-15-29-16-14-27)20-7-4-8-21(28)22(20)17-5-2-1-3-6-17/h1-16,23,28H,(H3,25,26). The van der Waals surface area contributed by atoms with Gasteiger partial charge in [0.05, 0.1) is 6.04 Å². The van der Waals surface area contributed by atoms with E-state index < -0.39 is 0 Å². The van der Waals surface area contributed by atoms with E-state index in [1.807, 2.05) is 84.0 Å². The van der Waals surface area contributed by atoms with Crippen LogP contribution in [0.1, 0.15) is 22.7 Å². The van der Waals surface area contributed by atoms with Crippen molar-refractivity contribution in [2.45, 2.75) is 6.04 Å². The maximum absolute atomic E-state index is 10.7. The van der Waals surface area contributed by atoms with Crippen molar-refractivity contribution >= 4 is 5.84 Å². The van der Waals surface area contributed by atoms with Crippen LogP contribution in [-0.4, -0.2) is 15.8 Å². The van der Waals surface area contributed by atoms with Crippen LogP contribution in [0.3, 0.4) is 0 Å². The SMILES string of the molecule is N=C(N)c1ccc(C(c2cccc(O)c2-c2ccccc2)N2C=COC=C2)cc1. The second-order valence-corrected chi connectivity index (χ2v) is 6.70. The van der Waals surface area contributed by atoms with Gasteiger partial charge in [-0.3, -0.25) is 5.41 Å². The number of nitrogens with one attached hydrogen (secondary N) is 1. The number of rotatable bonds is 5. The van der Waals surface area contributed by atoms with Crippen LogP contribution in [0.4, 0.5) is 0 Å². The van der Waals surface area contributed by atoms with Gasteiger partial charge in [0.15, 0.2) is 0 Å². The maximum Gasteiger partial charge on any atom is 0.123 e. The molecule has 0 fully saturated rings. The van der Waals surface area contributed by atoms with Crippen molar-refractivity contribution in [1.82, 2.24) is 4.90 Å². The van der Waals surface area contributed by atoms with Gasteiger partial charge in [-0.25, -0.2) is 0 Å². The second-order valence-electron chi connectivity index (χ2n) is 6.70. The molecule has 4 rings (SSSR count). The molecule has 144 valence electrons. The van der Waals surface area contributed by atoms with Gasteiger partial charge in [0.25, 0.3) is 0 Å². The molecule has 1 unspecified atom stereocenters. The van der Waals surface area contributed by atoms with Gasteiger partial charge in [-0.05, 0) is 22.8 Å². The van der Waals surface area contributed by atoms with E-state index >= 15 is 0 Å². The molecule has 0 aliphatic carbocycles. The van der Waals surface area contributed by atoms with Crippen molar-refractivity contribution in [3.8, 4) is 16.9 Å². The molecular weight excluding hydrogens is 362 g/mol. The lowest BCUT2D eigenvalue weighted by Gasteiger charge is -2.31. The van der Waals surface area contributed by atoms with Crippen LogP contribution in [0.5, 0.6) is 5.75 Å². The van der Waals surface area contributed by atoms with E-state index in [4.69, 9.17) is 15.9 Å². The Morgan fingerprint density at radius 3 is 2.24 bits per heavy atom. The minimum Gasteiger partial charge on any atom is -0.507 e. The predicted molar refractivity (Wildman–Crippen MR) is 114 cm³/mol. The molecule has 3 aromatic rings. The van der Waals surface area contributed by atoms with Crippen molar-refractivity contribution in [1.29, 1.82) is 5.41 Å². The monoisotopic (exact) mass is 383 g/mol. The van der Waals surface area contributed by atoms with Crippen molar-refractivity contribution in [3.63, 3.8) is 0 Å². The number of benzene rings is 3. The van der Waals surface area contributed by atoms with E-state index in [1.165, 1.54) is 0 Å². The Labute approximate surface area is 169 Å². The van der Waals surface area contributed by atoms with E-state index in [0.717, 1.165) is 22.3 Å². The van der Waals surface area contributed by atoms with Crippen molar-refractivity contribution in [2.24, 2.45) is 5.73 Å². The van der Waals surface area contributed by atoms with Crippen LogP contribution in [0.2, 0.25) is 0 Å². The summed E-state index contributed by atoms with van der Waals surface area (Å²) in [4.78, 5) is 2.02. The molecule has 29 heavy (non-hydrogen) atoms. The summed E-state index contributed by atoms with van der Waals surface area (Å²) in [6, 6.07) is 22.8. The summed E-state index contributed by atoms with van der Waals surface area (Å²) < 4.78 is 5.21. The third kappa shape index (κ3) is 3.71. The first kappa shape index (κ1) is 18.4. The lowest BCUT2D eigenvalue weighted by Crippen LogP contribution is -2.22. The third-order valence-electron chi connectivity index (χ3n) is 4.89. The summed E-state index contributed by atoms with van der Waals surface area (Å²) in [5, 5.41) is 18.4. The highest BCUT2D eigenvalue weighted by Crippen LogP contribution is 2.41. The molecule has 1 heterocycles. The molecule has 0 bridgehead atoms. The molecule has 5 heteroatoms. The molecule has 0 saturated heterocycles. The number of ether oxygens (including phenoxy) is 1. The molecular formula is C24H21N3O2. The van der Waals surface area contributed by atoms with Gasteiger partial charge in [-0.2, -0.15) is 0 Å². The number of nitrogens with zero attached hydrogens (tertiary/aromatic N) is 1. The average molecular weight is 383 g/mol. The fourth-order valence-corrected chi connectivity index (χ4v) is 3.54. The van der Waals surface area contributed by atoms with E-state index in [2.05, 4.69) is 0 Å². The summed E-state index contributed by atoms with van der Waals surface area (Å²) in [6.07, 6.45) is 6.93.